The van der Waals surface area contributed by atoms with Crippen molar-refractivity contribution in [3.8, 4) is 0 Å². The summed E-state index contributed by atoms with van der Waals surface area (Å²) >= 11 is 0. The van der Waals surface area contributed by atoms with E-state index in [0.29, 0.717) is 29.9 Å². The van der Waals surface area contributed by atoms with Crippen LogP contribution >= 0.6 is 0 Å². The number of fused-ring (bicyclic) bond motifs is 1. The molecular formula is C20H21N5O2. The third-order valence-corrected chi connectivity index (χ3v) is 5.07. The van der Waals surface area contributed by atoms with Crippen molar-refractivity contribution in [2.24, 2.45) is 12.8 Å². The first kappa shape index (κ1) is 17.2. The molecule has 3 heterocycles. The number of primary amides is 1. The van der Waals surface area contributed by atoms with Crippen LogP contribution in [0.1, 0.15) is 45.2 Å². The second-order valence-electron chi connectivity index (χ2n) is 6.97. The molecule has 0 unspecified atom stereocenters. The van der Waals surface area contributed by atoms with Gasteiger partial charge in [-0.2, -0.15) is 5.10 Å². The minimum Gasteiger partial charge on any atom is -0.366 e. The van der Waals surface area contributed by atoms with E-state index < -0.39 is 5.91 Å². The SMILES string of the molecule is Cn1cc(C(=O)N2CCC[C@H](c3nc4ccccc4cc3C(N)=O)C2)cn1. The summed E-state index contributed by atoms with van der Waals surface area (Å²) < 4.78 is 1.62. The summed E-state index contributed by atoms with van der Waals surface area (Å²) in [5, 5.41) is 4.96. The summed E-state index contributed by atoms with van der Waals surface area (Å²) in [4.78, 5) is 31.4. The van der Waals surface area contributed by atoms with Gasteiger partial charge in [-0.25, -0.2) is 0 Å². The van der Waals surface area contributed by atoms with Gasteiger partial charge in [-0.3, -0.25) is 19.3 Å². The maximum Gasteiger partial charge on any atom is 0.257 e. The zero-order valence-corrected chi connectivity index (χ0v) is 15.1. The Labute approximate surface area is 156 Å². The van der Waals surface area contributed by atoms with E-state index in [9.17, 15) is 9.59 Å². The largest absolute Gasteiger partial charge is 0.366 e. The van der Waals surface area contributed by atoms with Gasteiger partial charge in [0.1, 0.15) is 0 Å². The first-order valence-electron chi connectivity index (χ1n) is 9.00. The fourth-order valence-electron chi connectivity index (χ4n) is 3.74. The highest BCUT2D eigenvalue weighted by molar-refractivity contribution is 5.98. The van der Waals surface area contributed by atoms with Crippen molar-refractivity contribution in [1.82, 2.24) is 19.7 Å². The summed E-state index contributed by atoms with van der Waals surface area (Å²) in [7, 11) is 1.79. The molecule has 1 atom stereocenters. The Balaban J connectivity index is 1.67. The van der Waals surface area contributed by atoms with E-state index in [-0.39, 0.29) is 11.8 Å². The molecule has 0 spiro atoms. The van der Waals surface area contributed by atoms with Gasteiger partial charge in [0.05, 0.1) is 28.5 Å². The van der Waals surface area contributed by atoms with Gasteiger partial charge >= 0.3 is 0 Å². The van der Waals surface area contributed by atoms with E-state index in [1.807, 2.05) is 35.2 Å². The van der Waals surface area contributed by atoms with Crippen LogP contribution < -0.4 is 5.73 Å². The predicted octanol–water partition coefficient (Wildman–Crippen LogP) is 2.09. The standard InChI is InChI=1S/C20H21N5O2/c1-24-11-15(10-22-24)20(27)25-8-4-6-14(12-25)18-16(19(21)26)9-13-5-2-3-7-17(13)23-18/h2-3,5,7,9-11,14H,4,6,8,12H2,1H3,(H2,21,26)/t14-/m0/s1. The lowest BCUT2D eigenvalue weighted by atomic mass is 9.90. The third kappa shape index (κ3) is 3.28. The molecule has 0 bridgehead atoms. The van der Waals surface area contributed by atoms with Crippen LogP contribution in [0.15, 0.2) is 42.7 Å². The molecule has 2 aromatic heterocycles. The van der Waals surface area contributed by atoms with Crippen molar-refractivity contribution in [2.75, 3.05) is 13.1 Å². The van der Waals surface area contributed by atoms with Gasteiger partial charge in [0, 0.05) is 37.6 Å². The smallest absolute Gasteiger partial charge is 0.257 e. The van der Waals surface area contributed by atoms with Gasteiger partial charge in [-0.05, 0) is 25.0 Å². The minimum atomic E-state index is -0.487. The lowest BCUT2D eigenvalue weighted by Gasteiger charge is -2.33. The van der Waals surface area contributed by atoms with Crippen LogP contribution in [0.4, 0.5) is 0 Å². The first-order valence-corrected chi connectivity index (χ1v) is 9.00. The fraction of sp³-hybridized carbons (Fsp3) is 0.300. The molecule has 1 aliphatic heterocycles. The molecule has 3 aromatic rings. The quantitative estimate of drug-likeness (QED) is 0.771. The number of carbonyl (C=O) groups excluding carboxylic acids is 2. The molecule has 138 valence electrons. The van der Waals surface area contributed by atoms with Crippen LogP contribution in [0, 0.1) is 0 Å². The molecule has 0 radical (unpaired) electrons. The number of piperidine rings is 1. The Morgan fingerprint density at radius 1 is 1.26 bits per heavy atom. The minimum absolute atomic E-state index is 0.0218. The van der Waals surface area contributed by atoms with Gasteiger partial charge in [0.15, 0.2) is 0 Å². The molecule has 0 saturated carbocycles. The zero-order valence-electron chi connectivity index (χ0n) is 15.1. The second kappa shape index (κ2) is 6.83. The Bertz CT molecular complexity index is 1030. The molecule has 0 aliphatic carbocycles. The number of hydrogen-bond acceptors (Lipinski definition) is 4. The van der Waals surface area contributed by atoms with Gasteiger partial charge in [0.25, 0.3) is 11.8 Å². The summed E-state index contributed by atoms with van der Waals surface area (Å²) in [6.45, 7) is 1.20. The second-order valence-corrected chi connectivity index (χ2v) is 6.97. The number of aromatic nitrogens is 3. The highest BCUT2D eigenvalue weighted by Crippen LogP contribution is 2.30. The number of amides is 2. The number of nitrogens with two attached hydrogens (primary N) is 1. The number of hydrogen-bond donors (Lipinski definition) is 1. The number of rotatable bonds is 3. The van der Waals surface area contributed by atoms with Crippen LogP contribution in [0.25, 0.3) is 10.9 Å². The topological polar surface area (TPSA) is 94.1 Å². The maximum atomic E-state index is 12.8. The summed E-state index contributed by atoms with van der Waals surface area (Å²) in [5.41, 5.74) is 8.15. The molecule has 2 amide bonds. The normalized spacial score (nSPS) is 17.2. The molecule has 7 heteroatoms. The average Bonchev–Trinajstić information content (AvgIpc) is 3.12. The number of pyridine rings is 1. The molecule has 2 N–H and O–H groups in total. The molecular weight excluding hydrogens is 342 g/mol. The summed E-state index contributed by atoms with van der Waals surface area (Å²) in [6.07, 6.45) is 5.01. The van der Waals surface area contributed by atoms with Gasteiger partial charge in [-0.1, -0.05) is 18.2 Å². The number of nitrogens with zero attached hydrogens (tertiary/aromatic N) is 4. The molecule has 1 saturated heterocycles. The van der Waals surface area contributed by atoms with Crippen molar-refractivity contribution in [3.63, 3.8) is 0 Å². The molecule has 1 fully saturated rings. The average molecular weight is 363 g/mol. The highest BCUT2D eigenvalue weighted by atomic mass is 16.2. The monoisotopic (exact) mass is 363 g/mol. The Morgan fingerprint density at radius 3 is 2.81 bits per heavy atom. The van der Waals surface area contributed by atoms with E-state index in [1.165, 1.54) is 0 Å². The molecule has 1 aromatic carbocycles. The van der Waals surface area contributed by atoms with Gasteiger partial charge < -0.3 is 10.6 Å². The molecule has 27 heavy (non-hydrogen) atoms. The zero-order chi connectivity index (χ0) is 19.0. The first-order chi connectivity index (χ1) is 13.0. The van der Waals surface area contributed by atoms with Crippen LogP contribution in [-0.4, -0.2) is 44.6 Å². The Kier molecular flexibility index (Phi) is 4.35. The molecule has 4 rings (SSSR count). The molecule has 1 aliphatic rings. The Morgan fingerprint density at radius 2 is 2.07 bits per heavy atom. The lowest BCUT2D eigenvalue weighted by Crippen LogP contribution is -2.39. The summed E-state index contributed by atoms with van der Waals surface area (Å²) in [5.74, 6) is -0.556. The van der Waals surface area contributed by atoms with E-state index in [4.69, 9.17) is 10.7 Å². The fourth-order valence-corrected chi connectivity index (χ4v) is 3.74. The van der Waals surface area contributed by atoms with Crippen LogP contribution in [0.3, 0.4) is 0 Å². The van der Waals surface area contributed by atoms with E-state index in [2.05, 4.69) is 5.10 Å². The van der Waals surface area contributed by atoms with Gasteiger partial charge in [-0.15, -0.1) is 0 Å². The summed E-state index contributed by atoms with van der Waals surface area (Å²) in [6, 6.07) is 9.47. The number of aryl methyl sites for hydroxylation is 1. The van der Waals surface area contributed by atoms with Crippen LogP contribution in [0.5, 0.6) is 0 Å². The number of benzene rings is 1. The Hall–Kier alpha value is -3.22. The third-order valence-electron chi connectivity index (χ3n) is 5.07. The van der Waals surface area contributed by atoms with Crippen molar-refractivity contribution in [1.29, 1.82) is 0 Å². The highest BCUT2D eigenvalue weighted by Gasteiger charge is 2.29. The number of likely N-dealkylation sites (tertiary alicyclic amines) is 1. The van der Waals surface area contributed by atoms with Crippen LogP contribution in [0.2, 0.25) is 0 Å². The van der Waals surface area contributed by atoms with Crippen molar-refractivity contribution < 1.29 is 9.59 Å². The maximum absolute atomic E-state index is 12.8. The predicted molar refractivity (Wildman–Crippen MR) is 101 cm³/mol. The van der Waals surface area contributed by atoms with E-state index in [1.54, 1.807) is 24.1 Å². The van der Waals surface area contributed by atoms with Crippen LogP contribution in [-0.2, 0) is 7.05 Å². The molecule has 7 nitrogen and oxygen atoms in total. The van der Waals surface area contributed by atoms with Gasteiger partial charge in [0.2, 0.25) is 0 Å². The van der Waals surface area contributed by atoms with E-state index in [0.717, 1.165) is 23.7 Å². The number of carbonyl (C=O) groups is 2. The van der Waals surface area contributed by atoms with Crippen molar-refractivity contribution in [3.05, 3.63) is 59.5 Å². The van der Waals surface area contributed by atoms with E-state index >= 15 is 0 Å². The van der Waals surface area contributed by atoms with Crippen molar-refractivity contribution >= 4 is 22.7 Å². The lowest BCUT2D eigenvalue weighted by molar-refractivity contribution is 0.0705. The number of para-hydroxylation sites is 1. The van der Waals surface area contributed by atoms with Crippen molar-refractivity contribution in [2.45, 2.75) is 18.8 Å².